The third kappa shape index (κ3) is 1.13. The van der Waals surface area contributed by atoms with Crippen molar-refractivity contribution in [3.05, 3.63) is 0 Å². The molecule has 0 radical (unpaired) electrons. The van der Waals surface area contributed by atoms with Crippen LogP contribution in [0.1, 0.15) is 19.3 Å². The predicted molar refractivity (Wildman–Crippen MR) is 49.4 cm³/mol. The van der Waals surface area contributed by atoms with Crippen molar-refractivity contribution in [3.8, 4) is 0 Å². The van der Waals surface area contributed by atoms with Gasteiger partial charge in [-0.05, 0) is 12.8 Å². The van der Waals surface area contributed by atoms with Crippen molar-refractivity contribution in [3.63, 3.8) is 0 Å². The van der Waals surface area contributed by atoms with E-state index in [0.29, 0.717) is 13.1 Å². The summed E-state index contributed by atoms with van der Waals surface area (Å²) in [6.45, 7) is 3.16. The van der Waals surface area contributed by atoms with Crippen LogP contribution in [0.5, 0.6) is 0 Å². The Morgan fingerprint density at radius 2 is 2.23 bits per heavy atom. The van der Waals surface area contributed by atoms with Gasteiger partial charge in [0.1, 0.15) is 5.67 Å². The van der Waals surface area contributed by atoms with E-state index in [-0.39, 0.29) is 5.92 Å². The Kier molecular flexibility index (Phi) is 1.68. The molecule has 2 unspecified atom stereocenters. The zero-order valence-electron chi connectivity index (χ0n) is 7.93. The van der Waals surface area contributed by atoms with Gasteiger partial charge < -0.3 is 5.32 Å². The van der Waals surface area contributed by atoms with E-state index in [1.165, 1.54) is 19.3 Å². The minimum atomic E-state index is -0.893. The van der Waals surface area contributed by atoms with Crippen molar-refractivity contribution in [2.45, 2.75) is 31.0 Å². The molecule has 1 N–H and O–H groups in total. The molecule has 2 saturated heterocycles. The first-order valence-corrected chi connectivity index (χ1v) is 5.42. The van der Waals surface area contributed by atoms with Crippen molar-refractivity contribution < 1.29 is 4.39 Å². The Labute approximate surface area is 78.5 Å². The largest absolute Gasteiger partial charge is 0.313 e. The summed E-state index contributed by atoms with van der Waals surface area (Å²) in [6, 6.07) is 0.721. The van der Waals surface area contributed by atoms with Gasteiger partial charge in [0.05, 0.1) is 0 Å². The van der Waals surface area contributed by atoms with Gasteiger partial charge in [0.15, 0.2) is 0 Å². The molecule has 2 atom stereocenters. The monoisotopic (exact) mass is 184 g/mol. The molecule has 0 amide bonds. The number of rotatable bonds is 1. The van der Waals surface area contributed by atoms with E-state index in [4.69, 9.17) is 0 Å². The second-order valence-corrected chi connectivity index (χ2v) is 4.88. The highest BCUT2D eigenvalue weighted by Gasteiger charge is 2.51. The van der Waals surface area contributed by atoms with Crippen LogP contribution in [0.3, 0.4) is 0 Å². The van der Waals surface area contributed by atoms with E-state index < -0.39 is 5.67 Å². The molecular formula is C10H17FN2. The maximum absolute atomic E-state index is 14.2. The van der Waals surface area contributed by atoms with Gasteiger partial charge in [0.2, 0.25) is 0 Å². The first-order valence-electron chi connectivity index (χ1n) is 5.42. The molecule has 3 aliphatic rings. The van der Waals surface area contributed by atoms with Gasteiger partial charge >= 0.3 is 0 Å². The Morgan fingerprint density at radius 1 is 1.38 bits per heavy atom. The van der Waals surface area contributed by atoms with Crippen LogP contribution in [-0.4, -0.2) is 42.8 Å². The number of fused-ring (bicyclic) bond motifs is 1. The fourth-order valence-corrected chi connectivity index (χ4v) is 2.91. The number of nitrogens with zero attached hydrogens (tertiary/aromatic N) is 1. The number of nitrogens with one attached hydrogen (secondary N) is 1. The average Bonchev–Trinajstić information content (AvgIpc) is 2.38. The van der Waals surface area contributed by atoms with E-state index in [9.17, 15) is 4.39 Å². The summed E-state index contributed by atoms with van der Waals surface area (Å²) < 4.78 is 14.2. The Hall–Kier alpha value is -0.150. The van der Waals surface area contributed by atoms with E-state index in [1.807, 2.05) is 0 Å². The molecule has 13 heavy (non-hydrogen) atoms. The molecule has 0 aromatic rings. The highest BCUT2D eigenvalue weighted by molar-refractivity contribution is 5.06. The van der Waals surface area contributed by atoms with E-state index in [1.54, 1.807) is 0 Å². The Balaban J connectivity index is 1.70. The summed E-state index contributed by atoms with van der Waals surface area (Å²) in [6.07, 6.45) is 3.95. The van der Waals surface area contributed by atoms with Crippen LogP contribution in [0.4, 0.5) is 4.39 Å². The van der Waals surface area contributed by atoms with Crippen molar-refractivity contribution in [1.29, 1.82) is 0 Å². The first-order chi connectivity index (χ1) is 6.28. The molecule has 2 aliphatic heterocycles. The number of hydrogen-bond donors (Lipinski definition) is 1. The lowest BCUT2D eigenvalue weighted by atomic mass is 9.92. The van der Waals surface area contributed by atoms with Crippen LogP contribution < -0.4 is 5.32 Å². The van der Waals surface area contributed by atoms with Gasteiger partial charge in [-0.2, -0.15) is 0 Å². The summed E-state index contributed by atoms with van der Waals surface area (Å²) in [7, 11) is 0. The van der Waals surface area contributed by atoms with E-state index in [0.717, 1.165) is 19.1 Å². The molecule has 1 aliphatic carbocycles. The fraction of sp³-hybridized carbons (Fsp3) is 1.00. The minimum absolute atomic E-state index is 0.271. The molecule has 3 rings (SSSR count). The normalized spacial score (nSPS) is 46.4. The summed E-state index contributed by atoms with van der Waals surface area (Å²) in [5.41, 5.74) is -0.893. The van der Waals surface area contributed by atoms with Gasteiger partial charge in [0.25, 0.3) is 0 Å². The van der Waals surface area contributed by atoms with Crippen LogP contribution >= 0.6 is 0 Å². The van der Waals surface area contributed by atoms with Gasteiger partial charge in [-0.1, -0.05) is 6.42 Å². The van der Waals surface area contributed by atoms with Crippen LogP contribution in [0.15, 0.2) is 0 Å². The molecule has 74 valence electrons. The van der Waals surface area contributed by atoms with Gasteiger partial charge in [-0.3, -0.25) is 4.90 Å². The maximum atomic E-state index is 14.2. The zero-order chi connectivity index (χ0) is 8.89. The predicted octanol–water partition coefficient (Wildman–Crippen LogP) is 0.782. The standard InChI is InChI=1S/C10H17FN2/c11-10-6-12-4-8(10)5-13(7-10)9-2-1-3-9/h8-9,12H,1-7H2. The fourth-order valence-electron chi connectivity index (χ4n) is 2.91. The first kappa shape index (κ1) is 8.18. The molecule has 0 spiro atoms. The van der Waals surface area contributed by atoms with Gasteiger partial charge in [0, 0.05) is 38.1 Å². The molecule has 3 heteroatoms. The Bertz CT molecular complexity index is 217. The number of likely N-dealkylation sites (tertiary alicyclic amines) is 1. The molecule has 0 bridgehead atoms. The highest BCUT2D eigenvalue weighted by atomic mass is 19.1. The number of alkyl halides is 1. The average molecular weight is 184 g/mol. The summed E-state index contributed by atoms with van der Waals surface area (Å²) in [5, 5.41) is 3.16. The third-order valence-corrected chi connectivity index (χ3v) is 4.05. The lowest BCUT2D eigenvalue weighted by molar-refractivity contribution is 0.117. The lowest BCUT2D eigenvalue weighted by Gasteiger charge is -2.35. The van der Waals surface area contributed by atoms with Crippen LogP contribution in [0, 0.1) is 5.92 Å². The van der Waals surface area contributed by atoms with Gasteiger partial charge in [-0.25, -0.2) is 4.39 Å². The number of hydrogen-bond acceptors (Lipinski definition) is 2. The van der Waals surface area contributed by atoms with Gasteiger partial charge in [-0.15, -0.1) is 0 Å². The summed E-state index contributed by atoms with van der Waals surface area (Å²) in [5.74, 6) is 0.271. The topological polar surface area (TPSA) is 15.3 Å². The van der Waals surface area contributed by atoms with Crippen LogP contribution in [0.2, 0.25) is 0 Å². The number of halogens is 1. The smallest absolute Gasteiger partial charge is 0.141 e. The van der Waals surface area contributed by atoms with E-state index >= 15 is 0 Å². The van der Waals surface area contributed by atoms with Crippen molar-refractivity contribution >= 4 is 0 Å². The Morgan fingerprint density at radius 3 is 2.85 bits per heavy atom. The summed E-state index contributed by atoms with van der Waals surface area (Å²) in [4.78, 5) is 2.38. The third-order valence-electron chi connectivity index (χ3n) is 4.05. The second-order valence-electron chi connectivity index (χ2n) is 4.88. The van der Waals surface area contributed by atoms with Crippen molar-refractivity contribution in [2.75, 3.05) is 26.2 Å². The highest BCUT2D eigenvalue weighted by Crippen LogP contribution is 2.38. The van der Waals surface area contributed by atoms with E-state index in [2.05, 4.69) is 10.2 Å². The maximum Gasteiger partial charge on any atom is 0.141 e. The van der Waals surface area contributed by atoms with Crippen molar-refractivity contribution in [1.82, 2.24) is 10.2 Å². The summed E-state index contributed by atoms with van der Waals surface area (Å²) >= 11 is 0. The quantitative estimate of drug-likeness (QED) is 0.648. The molecule has 2 heterocycles. The zero-order valence-corrected chi connectivity index (χ0v) is 7.93. The van der Waals surface area contributed by atoms with Crippen LogP contribution in [-0.2, 0) is 0 Å². The second kappa shape index (κ2) is 2.67. The molecule has 0 aromatic heterocycles. The molecule has 3 fully saturated rings. The molecule has 1 saturated carbocycles. The molecule has 0 aromatic carbocycles. The SMILES string of the molecule is FC12CNCC1CN(C1CCC1)C2. The molecular weight excluding hydrogens is 167 g/mol. The lowest BCUT2D eigenvalue weighted by Crippen LogP contribution is -2.42. The van der Waals surface area contributed by atoms with Crippen LogP contribution in [0.25, 0.3) is 0 Å². The van der Waals surface area contributed by atoms with Crippen molar-refractivity contribution in [2.24, 2.45) is 5.92 Å². The molecule has 2 nitrogen and oxygen atoms in total. The minimum Gasteiger partial charge on any atom is -0.313 e.